The molecule has 1 heterocycles. The number of aryl methyl sites for hydroxylation is 2. The standard InChI is InChI=1S/C28H36N4OS/c1-8-15-29-26(33)30-23-12-9-19(10-13-23)11-14-24-31-32-25(34-24)20-16-21(27(2,3)4)18-22(17-20)28(5,6)7/h8-10,12-13,16-18H,1,11,14-15H2,2-7H3,(H2,29,30,33). The maximum atomic E-state index is 11.8. The van der Waals surface area contributed by atoms with Gasteiger partial charge >= 0.3 is 6.03 Å². The second-order valence-electron chi connectivity index (χ2n) is 10.6. The average molecular weight is 477 g/mol. The number of carbonyl (C=O) groups excluding carboxylic acids is 1. The molecule has 0 fully saturated rings. The lowest BCUT2D eigenvalue weighted by atomic mass is 9.79. The quantitative estimate of drug-likeness (QED) is 0.365. The highest BCUT2D eigenvalue weighted by atomic mass is 32.1. The summed E-state index contributed by atoms with van der Waals surface area (Å²) in [4.78, 5) is 11.8. The number of nitrogens with zero attached hydrogens (tertiary/aromatic N) is 2. The van der Waals surface area contributed by atoms with Crippen LogP contribution in [0, 0.1) is 0 Å². The molecule has 3 aromatic rings. The Hall–Kier alpha value is -2.99. The van der Waals surface area contributed by atoms with Gasteiger partial charge in [0.05, 0.1) is 0 Å². The number of rotatable bonds is 7. The molecule has 0 aliphatic rings. The fourth-order valence-corrected chi connectivity index (χ4v) is 4.26. The zero-order valence-electron chi connectivity index (χ0n) is 21.2. The number of hydrogen-bond acceptors (Lipinski definition) is 4. The third kappa shape index (κ3) is 7.00. The molecule has 6 heteroatoms. The molecular weight excluding hydrogens is 440 g/mol. The van der Waals surface area contributed by atoms with E-state index in [0.717, 1.165) is 34.1 Å². The number of urea groups is 1. The van der Waals surface area contributed by atoms with Crippen LogP contribution in [0.3, 0.4) is 0 Å². The predicted molar refractivity (Wildman–Crippen MR) is 144 cm³/mol. The Morgan fingerprint density at radius 2 is 1.56 bits per heavy atom. The first-order valence-electron chi connectivity index (χ1n) is 11.7. The normalized spacial score (nSPS) is 11.8. The summed E-state index contributed by atoms with van der Waals surface area (Å²) in [6, 6.07) is 14.5. The van der Waals surface area contributed by atoms with Crippen molar-refractivity contribution in [1.82, 2.24) is 15.5 Å². The number of amides is 2. The fourth-order valence-electron chi connectivity index (χ4n) is 3.43. The number of anilines is 1. The van der Waals surface area contributed by atoms with Crippen molar-refractivity contribution in [3.8, 4) is 10.6 Å². The van der Waals surface area contributed by atoms with Crippen LogP contribution in [0.25, 0.3) is 10.6 Å². The van der Waals surface area contributed by atoms with Crippen molar-refractivity contribution in [2.24, 2.45) is 0 Å². The number of carbonyl (C=O) groups is 1. The molecule has 0 unspecified atom stereocenters. The summed E-state index contributed by atoms with van der Waals surface area (Å²) < 4.78 is 0. The first kappa shape index (κ1) is 25.6. The first-order chi connectivity index (χ1) is 16.0. The summed E-state index contributed by atoms with van der Waals surface area (Å²) in [5.41, 5.74) is 5.87. The van der Waals surface area contributed by atoms with Gasteiger partial charge in [0.25, 0.3) is 0 Å². The summed E-state index contributed by atoms with van der Waals surface area (Å²) >= 11 is 1.67. The van der Waals surface area contributed by atoms with Gasteiger partial charge in [0.15, 0.2) is 0 Å². The predicted octanol–water partition coefficient (Wildman–Crippen LogP) is 6.89. The van der Waals surface area contributed by atoms with Gasteiger partial charge in [-0.15, -0.1) is 16.8 Å². The molecule has 2 aromatic carbocycles. The van der Waals surface area contributed by atoms with Gasteiger partial charge in [-0.25, -0.2) is 4.79 Å². The van der Waals surface area contributed by atoms with Crippen LogP contribution in [0.5, 0.6) is 0 Å². The van der Waals surface area contributed by atoms with Crippen LogP contribution >= 0.6 is 11.3 Å². The van der Waals surface area contributed by atoms with Gasteiger partial charge in [-0.1, -0.05) is 77.2 Å². The fraction of sp³-hybridized carbons (Fsp3) is 0.393. The van der Waals surface area contributed by atoms with Crippen LogP contribution in [0.15, 0.2) is 55.1 Å². The van der Waals surface area contributed by atoms with Crippen molar-refractivity contribution in [1.29, 1.82) is 0 Å². The SMILES string of the molecule is C=CCNC(=O)Nc1ccc(CCc2nnc(-c3cc(C(C)(C)C)cc(C(C)(C)C)c3)s2)cc1. The molecule has 0 bridgehead atoms. The smallest absolute Gasteiger partial charge is 0.319 e. The highest BCUT2D eigenvalue weighted by Crippen LogP contribution is 2.35. The third-order valence-corrected chi connectivity index (χ3v) is 6.66. The largest absolute Gasteiger partial charge is 0.334 e. The van der Waals surface area contributed by atoms with E-state index in [9.17, 15) is 4.79 Å². The van der Waals surface area contributed by atoms with E-state index >= 15 is 0 Å². The van der Waals surface area contributed by atoms with Crippen LogP contribution in [0.4, 0.5) is 10.5 Å². The van der Waals surface area contributed by atoms with Gasteiger partial charge in [0, 0.05) is 24.2 Å². The number of nitrogens with one attached hydrogen (secondary N) is 2. The minimum atomic E-state index is -0.237. The lowest BCUT2D eigenvalue weighted by Gasteiger charge is -2.25. The zero-order valence-corrected chi connectivity index (χ0v) is 22.0. The molecule has 0 atom stereocenters. The molecule has 0 aliphatic carbocycles. The molecule has 2 amide bonds. The minimum Gasteiger partial charge on any atom is -0.334 e. The maximum Gasteiger partial charge on any atom is 0.319 e. The van der Waals surface area contributed by atoms with Gasteiger partial charge in [-0.2, -0.15) is 0 Å². The van der Waals surface area contributed by atoms with Crippen molar-refractivity contribution >= 4 is 23.1 Å². The van der Waals surface area contributed by atoms with E-state index < -0.39 is 0 Å². The highest BCUT2D eigenvalue weighted by molar-refractivity contribution is 7.14. The number of benzene rings is 2. The van der Waals surface area contributed by atoms with E-state index in [1.807, 2.05) is 24.3 Å². The Kier molecular flexibility index (Phi) is 7.93. The minimum absolute atomic E-state index is 0.0663. The molecule has 1 aromatic heterocycles. The number of hydrogen-bond donors (Lipinski definition) is 2. The zero-order chi connectivity index (χ0) is 24.9. The van der Waals surface area contributed by atoms with Crippen molar-refractivity contribution in [3.05, 3.63) is 76.8 Å². The summed E-state index contributed by atoms with van der Waals surface area (Å²) in [5.74, 6) is 0. The van der Waals surface area contributed by atoms with Crippen LogP contribution in [-0.4, -0.2) is 22.8 Å². The molecule has 0 aliphatic heterocycles. The Bertz CT molecular complexity index is 1100. The Labute approximate surface area is 207 Å². The molecule has 0 saturated carbocycles. The summed E-state index contributed by atoms with van der Waals surface area (Å²) in [6.45, 7) is 17.5. The molecule has 0 spiro atoms. The summed E-state index contributed by atoms with van der Waals surface area (Å²) in [7, 11) is 0. The third-order valence-electron chi connectivity index (χ3n) is 5.63. The Morgan fingerprint density at radius 1 is 0.941 bits per heavy atom. The Morgan fingerprint density at radius 3 is 2.12 bits per heavy atom. The van der Waals surface area contributed by atoms with Crippen LogP contribution < -0.4 is 10.6 Å². The highest BCUT2D eigenvalue weighted by Gasteiger charge is 2.22. The number of aromatic nitrogens is 2. The van der Waals surface area contributed by atoms with Gasteiger partial charge in [-0.05, 0) is 58.2 Å². The lowest BCUT2D eigenvalue weighted by Crippen LogP contribution is -2.28. The van der Waals surface area contributed by atoms with Gasteiger partial charge < -0.3 is 10.6 Å². The van der Waals surface area contributed by atoms with E-state index in [-0.39, 0.29) is 16.9 Å². The molecule has 5 nitrogen and oxygen atoms in total. The molecule has 3 rings (SSSR count). The van der Waals surface area contributed by atoms with Crippen LogP contribution in [0.1, 0.15) is 63.2 Å². The lowest BCUT2D eigenvalue weighted by molar-refractivity contribution is 0.253. The summed E-state index contributed by atoms with van der Waals surface area (Å²) in [6.07, 6.45) is 3.34. The summed E-state index contributed by atoms with van der Waals surface area (Å²) in [5, 5.41) is 16.5. The van der Waals surface area contributed by atoms with Crippen molar-refractivity contribution in [2.75, 3.05) is 11.9 Å². The first-order valence-corrected chi connectivity index (χ1v) is 12.5. The van der Waals surface area contributed by atoms with Crippen molar-refractivity contribution in [2.45, 2.75) is 65.2 Å². The van der Waals surface area contributed by atoms with E-state index in [1.165, 1.54) is 16.7 Å². The molecule has 34 heavy (non-hydrogen) atoms. The van der Waals surface area contributed by atoms with E-state index in [4.69, 9.17) is 0 Å². The van der Waals surface area contributed by atoms with E-state index in [1.54, 1.807) is 17.4 Å². The second-order valence-corrected chi connectivity index (χ2v) is 11.7. The van der Waals surface area contributed by atoms with Crippen molar-refractivity contribution in [3.63, 3.8) is 0 Å². The molecule has 2 N–H and O–H groups in total. The Balaban J connectivity index is 1.69. The maximum absolute atomic E-state index is 11.8. The molecular formula is C28H36N4OS. The van der Waals surface area contributed by atoms with Crippen LogP contribution in [0.2, 0.25) is 0 Å². The molecule has 0 saturated heterocycles. The topological polar surface area (TPSA) is 66.9 Å². The van der Waals surface area contributed by atoms with Crippen LogP contribution in [-0.2, 0) is 23.7 Å². The average Bonchev–Trinajstić information content (AvgIpc) is 3.25. The molecule has 180 valence electrons. The second kappa shape index (κ2) is 10.5. The molecule has 0 radical (unpaired) electrons. The van der Waals surface area contributed by atoms with Gasteiger partial charge in [0.2, 0.25) is 0 Å². The van der Waals surface area contributed by atoms with Gasteiger partial charge in [0.1, 0.15) is 10.0 Å². The van der Waals surface area contributed by atoms with E-state index in [0.29, 0.717) is 6.54 Å². The van der Waals surface area contributed by atoms with Crippen molar-refractivity contribution < 1.29 is 4.79 Å². The monoisotopic (exact) mass is 476 g/mol. The van der Waals surface area contributed by atoms with Gasteiger partial charge in [-0.3, -0.25) is 0 Å². The van der Waals surface area contributed by atoms with E-state index in [2.05, 4.69) is 87.2 Å².